The second-order valence-corrected chi connectivity index (χ2v) is 4.71. The molecule has 0 aliphatic heterocycles. The van der Waals surface area contributed by atoms with Crippen molar-refractivity contribution in [2.24, 2.45) is 5.10 Å². The lowest BCUT2D eigenvalue weighted by atomic mass is 10.0. The van der Waals surface area contributed by atoms with Gasteiger partial charge in [-0.15, -0.1) is 0 Å². The molecule has 2 aromatic carbocycles. The molecule has 0 amide bonds. The summed E-state index contributed by atoms with van der Waals surface area (Å²) in [5, 5.41) is 16.5. The highest BCUT2D eigenvalue weighted by atomic mass is 16.3. The van der Waals surface area contributed by atoms with Crippen LogP contribution in [0.5, 0.6) is 5.75 Å². The van der Waals surface area contributed by atoms with Crippen molar-refractivity contribution in [2.75, 3.05) is 5.43 Å². The van der Waals surface area contributed by atoms with E-state index in [0.717, 1.165) is 10.8 Å². The van der Waals surface area contributed by atoms with Crippen LogP contribution in [0.25, 0.3) is 10.8 Å². The zero-order valence-electron chi connectivity index (χ0n) is 11.6. The summed E-state index contributed by atoms with van der Waals surface area (Å²) < 4.78 is 0. The number of aromatic hydroxyl groups is 1. The van der Waals surface area contributed by atoms with E-state index in [1.54, 1.807) is 6.20 Å². The van der Waals surface area contributed by atoms with Crippen molar-refractivity contribution in [3.63, 3.8) is 0 Å². The van der Waals surface area contributed by atoms with Gasteiger partial charge in [-0.2, -0.15) is 5.10 Å². The summed E-state index contributed by atoms with van der Waals surface area (Å²) in [6, 6.07) is 17.1. The Morgan fingerprint density at radius 2 is 1.86 bits per heavy atom. The highest BCUT2D eigenvalue weighted by Gasteiger charge is 2.08. The van der Waals surface area contributed by atoms with Gasteiger partial charge in [0.2, 0.25) is 0 Å². The standard InChI is InChI=1S/C17H15N3O/c1-12(19-20-16-8-4-5-11-18-16)14-10-9-13-6-2-3-7-15(13)17(14)21/h2-11,21H,1H3,(H,18,20)/b19-12+. The fourth-order valence-electron chi connectivity index (χ4n) is 2.18. The molecule has 0 unspecified atom stereocenters. The Balaban J connectivity index is 1.94. The van der Waals surface area contributed by atoms with E-state index in [1.807, 2.05) is 61.5 Å². The third kappa shape index (κ3) is 2.69. The summed E-state index contributed by atoms with van der Waals surface area (Å²) in [6.07, 6.45) is 1.70. The zero-order valence-corrected chi connectivity index (χ0v) is 11.6. The number of benzene rings is 2. The number of pyridine rings is 1. The van der Waals surface area contributed by atoms with Crippen LogP contribution in [0.1, 0.15) is 12.5 Å². The Hall–Kier alpha value is -2.88. The first-order chi connectivity index (χ1) is 10.3. The normalized spacial score (nSPS) is 11.6. The lowest BCUT2D eigenvalue weighted by Gasteiger charge is -2.08. The highest BCUT2D eigenvalue weighted by Crippen LogP contribution is 2.28. The average molecular weight is 277 g/mol. The molecule has 0 saturated heterocycles. The lowest BCUT2D eigenvalue weighted by Crippen LogP contribution is -2.01. The van der Waals surface area contributed by atoms with Gasteiger partial charge in [0, 0.05) is 17.1 Å². The topological polar surface area (TPSA) is 57.5 Å². The fraction of sp³-hybridized carbons (Fsp3) is 0.0588. The molecule has 0 bridgehead atoms. The van der Waals surface area contributed by atoms with Crippen LogP contribution in [0.2, 0.25) is 0 Å². The predicted molar refractivity (Wildman–Crippen MR) is 85.7 cm³/mol. The van der Waals surface area contributed by atoms with Crippen molar-refractivity contribution in [1.29, 1.82) is 0 Å². The summed E-state index contributed by atoms with van der Waals surface area (Å²) in [6.45, 7) is 1.85. The maximum atomic E-state index is 10.4. The molecule has 2 N–H and O–H groups in total. The van der Waals surface area contributed by atoms with Crippen molar-refractivity contribution >= 4 is 22.3 Å². The molecule has 0 aliphatic rings. The van der Waals surface area contributed by atoms with Crippen LogP contribution in [0.4, 0.5) is 5.82 Å². The molecule has 3 rings (SSSR count). The number of phenolic OH excluding ortho intramolecular Hbond substituents is 1. The monoisotopic (exact) mass is 277 g/mol. The maximum absolute atomic E-state index is 10.4. The number of hydrogen-bond acceptors (Lipinski definition) is 4. The minimum absolute atomic E-state index is 0.247. The first-order valence-corrected chi connectivity index (χ1v) is 6.68. The molecular weight excluding hydrogens is 262 g/mol. The Kier molecular flexibility index (Phi) is 3.51. The van der Waals surface area contributed by atoms with Gasteiger partial charge in [-0.3, -0.25) is 5.43 Å². The van der Waals surface area contributed by atoms with Crippen LogP contribution < -0.4 is 5.43 Å². The molecule has 4 nitrogen and oxygen atoms in total. The minimum atomic E-state index is 0.247. The molecule has 1 heterocycles. The Bertz CT molecular complexity index is 797. The van der Waals surface area contributed by atoms with Crippen LogP contribution >= 0.6 is 0 Å². The number of hydrogen-bond donors (Lipinski definition) is 2. The molecule has 0 radical (unpaired) electrons. The van der Waals surface area contributed by atoms with Crippen molar-refractivity contribution in [3.8, 4) is 5.75 Å². The van der Waals surface area contributed by atoms with E-state index in [2.05, 4.69) is 15.5 Å². The molecule has 1 aromatic heterocycles. The van der Waals surface area contributed by atoms with E-state index in [1.165, 1.54) is 0 Å². The number of fused-ring (bicyclic) bond motifs is 1. The molecule has 0 aliphatic carbocycles. The summed E-state index contributed by atoms with van der Waals surface area (Å²) in [7, 11) is 0. The molecule has 0 saturated carbocycles. The quantitative estimate of drug-likeness (QED) is 0.566. The zero-order chi connectivity index (χ0) is 14.7. The number of nitrogens with zero attached hydrogens (tertiary/aromatic N) is 2. The van der Waals surface area contributed by atoms with Gasteiger partial charge in [0.05, 0.1) is 5.71 Å². The minimum Gasteiger partial charge on any atom is -0.507 e. The van der Waals surface area contributed by atoms with Gasteiger partial charge in [-0.25, -0.2) is 4.98 Å². The second kappa shape index (κ2) is 5.63. The number of anilines is 1. The van der Waals surface area contributed by atoms with E-state index in [9.17, 15) is 5.11 Å². The Labute approximate surface area is 122 Å². The Morgan fingerprint density at radius 1 is 1.05 bits per heavy atom. The largest absolute Gasteiger partial charge is 0.507 e. The van der Waals surface area contributed by atoms with Crippen LogP contribution in [0, 0.1) is 0 Å². The predicted octanol–water partition coefficient (Wildman–Crippen LogP) is 3.78. The van der Waals surface area contributed by atoms with Crippen LogP contribution in [-0.2, 0) is 0 Å². The second-order valence-electron chi connectivity index (χ2n) is 4.71. The van der Waals surface area contributed by atoms with Crippen LogP contribution in [0.3, 0.4) is 0 Å². The van der Waals surface area contributed by atoms with Gasteiger partial charge < -0.3 is 5.11 Å². The van der Waals surface area contributed by atoms with E-state index in [0.29, 0.717) is 17.1 Å². The highest BCUT2D eigenvalue weighted by molar-refractivity contribution is 6.06. The summed E-state index contributed by atoms with van der Waals surface area (Å²) in [4.78, 5) is 4.14. The summed E-state index contributed by atoms with van der Waals surface area (Å²) in [5.41, 5.74) is 4.29. The fourth-order valence-corrected chi connectivity index (χ4v) is 2.18. The van der Waals surface area contributed by atoms with E-state index in [-0.39, 0.29) is 5.75 Å². The van der Waals surface area contributed by atoms with Crippen molar-refractivity contribution in [2.45, 2.75) is 6.92 Å². The van der Waals surface area contributed by atoms with E-state index in [4.69, 9.17) is 0 Å². The van der Waals surface area contributed by atoms with Crippen LogP contribution in [-0.4, -0.2) is 15.8 Å². The molecular formula is C17H15N3O. The molecule has 21 heavy (non-hydrogen) atoms. The number of hydrazone groups is 1. The number of rotatable bonds is 3. The number of nitrogens with one attached hydrogen (secondary N) is 1. The smallest absolute Gasteiger partial charge is 0.146 e. The average Bonchev–Trinajstić information content (AvgIpc) is 2.54. The SMILES string of the molecule is C/C(=N\Nc1ccccn1)c1ccc2ccccc2c1O. The molecule has 0 atom stereocenters. The van der Waals surface area contributed by atoms with Gasteiger partial charge in [0.1, 0.15) is 11.6 Å². The molecule has 4 heteroatoms. The first kappa shape index (κ1) is 13.1. The Morgan fingerprint density at radius 3 is 2.67 bits per heavy atom. The maximum Gasteiger partial charge on any atom is 0.146 e. The summed E-state index contributed by atoms with van der Waals surface area (Å²) >= 11 is 0. The number of aromatic nitrogens is 1. The third-order valence-electron chi connectivity index (χ3n) is 3.29. The molecule has 104 valence electrons. The van der Waals surface area contributed by atoms with Gasteiger partial charge in [0.25, 0.3) is 0 Å². The molecule has 0 spiro atoms. The van der Waals surface area contributed by atoms with Crippen LogP contribution in [0.15, 0.2) is 65.9 Å². The van der Waals surface area contributed by atoms with Gasteiger partial charge in [-0.1, -0.05) is 36.4 Å². The van der Waals surface area contributed by atoms with Crippen molar-refractivity contribution in [3.05, 3.63) is 66.4 Å². The number of phenols is 1. The van der Waals surface area contributed by atoms with Gasteiger partial charge in [0.15, 0.2) is 0 Å². The summed E-state index contributed by atoms with van der Waals surface area (Å²) in [5.74, 6) is 0.911. The van der Waals surface area contributed by atoms with E-state index >= 15 is 0 Å². The van der Waals surface area contributed by atoms with E-state index < -0.39 is 0 Å². The van der Waals surface area contributed by atoms with Gasteiger partial charge >= 0.3 is 0 Å². The lowest BCUT2D eigenvalue weighted by molar-refractivity contribution is 0.480. The third-order valence-corrected chi connectivity index (χ3v) is 3.29. The molecule has 0 fully saturated rings. The first-order valence-electron chi connectivity index (χ1n) is 6.68. The van der Waals surface area contributed by atoms with Gasteiger partial charge in [-0.05, 0) is 30.5 Å². The molecule has 3 aromatic rings. The van der Waals surface area contributed by atoms with Crippen molar-refractivity contribution < 1.29 is 5.11 Å². The van der Waals surface area contributed by atoms with Crippen molar-refractivity contribution in [1.82, 2.24) is 4.98 Å².